The molecule has 0 spiro atoms. The second-order valence-electron chi connectivity index (χ2n) is 11.1. The Labute approximate surface area is 265 Å². The van der Waals surface area contributed by atoms with Crippen LogP contribution in [0.5, 0.6) is 0 Å². The lowest BCUT2D eigenvalue weighted by Gasteiger charge is -2.48. The molecule has 2 aromatic rings. The largest absolute Gasteiger partial charge is 0.463 e. The zero-order valence-corrected chi connectivity index (χ0v) is 26.1. The third-order valence-corrected chi connectivity index (χ3v) is 7.85. The molecule has 45 heavy (non-hydrogen) atoms. The van der Waals surface area contributed by atoms with E-state index in [9.17, 15) is 29.4 Å². The van der Waals surface area contributed by atoms with Gasteiger partial charge < -0.3 is 33.9 Å². The molecule has 4 rings (SSSR count). The van der Waals surface area contributed by atoms with Crippen LogP contribution in [0.4, 0.5) is 0 Å². The van der Waals surface area contributed by atoms with E-state index in [-0.39, 0.29) is 5.56 Å². The lowest BCUT2D eigenvalue weighted by atomic mass is 9.81. The summed E-state index contributed by atoms with van der Waals surface area (Å²) in [4.78, 5) is 48.1. The number of rotatable bonds is 8. The minimum absolute atomic E-state index is 0.0793. The Kier molecular flexibility index (Phi) is 10.6. The van der Waals surface area contributed by atoms with Crippen molar-refractivity contribution < 1.29 is 53.1 Å². The monoisotopic (exact) mass is 642 g/mol. The van der Waals surface area contributed by atoms with Gasteiger partial charge in [-0.2, -0.15) is 0 Å². The summed E-state index contributed by atoms with van der Waals surface area (Å²) < 4.78 is 27.5. The van der Waals surface area contributed by atoms with Crippen molar-refractivity contribution in [1.29, 1.82) is 0 Å². The van der Waals surface area contributed by atoms with E-state index < -0.39 is 66.3 Å². The van der Waals surface area contributed by atoms with Gasteiger partial charge in [0, 0.05) is 43.8 Å². The standard InChI is InChI=1S/C33H35ClO11/c1-19(35)41-18-28-29(42-20(2)36)30(43-21(3)37)31(44-22(4)38)33(40,45-28)26-10-11-27(34)25(17-26)16-24-8-6-23(7-9-24)12-15-32(39)13-5-14-32/h6-11,17,28-31,39-40H,5,13-14,16,18H2,1-4H3/t28-,29-,30+,31-,33+/m1/s1. The van der Waals surface area contributed by atoms with Gasteiger partial charge in [-0.05, 0) is 61.1 Å². The summed E-state index contributed by atoms with van der Waals surface area (Å²) in [6, 6.07) is 11.9. The van der Waals surface area contributed by atoms with Gasteiger partial charge in [-0.1, -0.05) is 41.6 Å². The number of carbonyl (C=O) groups excluding carboxylic acids is 4. The van der Waals surface area contributed by atoms with Gasteiger partial charge in [0.1, 0.15) is 18.3 Å². The zero-order chi connectivity index (χ0) is 32.9. The lowest BCUT2D eigenvalue weighted by Crippen LogP contribution is -2.66. The summed E-state index contributed by atoms with van der Waals surface area (Å²) in [5.41, 5.74) is 1.33. The summed E-state index contributed by atoms with van der Waals surface area (Å²) in [6.45, 7) is 3.95. The fourth-order valence-electron chi connectivity index (χ4n) is 5.20. The van der Waals surface area contributed by atoms with Crippen molar-refractivity contribution in [1.82, 2.24) is 0 Å². The van der Waals surface area contributed by atoms with Crippen LogP contribution in [0.25, 0.3) is 0 Å². The molecule has 1 aliphatic heterocycles. The number of carbonyl (C=O) groups is 4. The quantitative estimate of drug-likeness (QED) is 0.248. The van der Waals surface area contributed by atoms with Crippen LogP contribution in [-0.2, 0) is 55.1 Å². The van der Waals surface area contributed by atoms with E-state index >= 15 is 0 Å². The van der Waals surface area contributed by atoms with Gasteiger partial charge >= 0.3 is 23.9 Å². The van der Waals surface area contributed by atoms with Crippen LogP contribution in [0.1, 0.15) is 69.2 Å². The van der Waals surface area contributed by atoms with E-state index in [1.54, 1.807) is 6.07 Å². The van der Waals surface area contributed by atoms with E-state index in [1.165, 1.54) is 12.1 Å². The molecule has 1 aliphatic carbocycles. The molecule has 0 unspecified atom stereocenters. The van der Waals surface area contributed by atoms with Crippen LogP contribution in [-0.4, -0.2) is 70.7 Å². The maximum atomic E-state index is 12.2. The van der Waals surface area contributed by atoms with Gasteiger partial charge in [0.25, 0.3) is 0 Å². The van der Waals surface area contributed by atoms with Crippen molar-refractivity contribution in [2.45, 2.75) is 89.2 Å². The number of hydrogen-bond acceptors (Lipinski definition) is 11. The van der Waals surface area contributed by atoms with Crippen molar-refractivity contribution >= 4 is 35.5 Å². The number of ether oxygens (including phenoxy) is 5. The Balaban J connectivity index is 1.71. The topological polar surface area (TPSA) is 155 Å². The first-order valence-electron chi connectivity index (χ1n) is 14.4. The number of hydrogen-bond donors (Lipinski definition) is 2. The average Bonchev–Trinajstić information content (AvgIpc) is 2.94. The van der Waals surface area contributed by atoms with Gasteiger partial charge in [-0.3, -0.25) is 19.2 Å². The number of benzene rings is 2. The molecular formula is C33H35ClO11. The third-order valence-electron chi connectivity index (χ3n) is 7.48. The summed E-state index contributed by atoms with van der Waals surface area (Å²) in [5, 5.41) is 22.7. The Bertz CT molecular complexity index is 1500. The van der Waals surface area contributed by atoms with Gasteiger partial charge in [0.05, 0.1) is 0 Å². The van der Waals surface area contributed by atoms with Gasteiger partial charge in [-0.25, -0.2) is 0 Å². The predicted octanol–water partition coefficient (Wildman–Crippen LogP) is 3.10. The van der Waals surface area contributed by atoms with Crippen molar-refractivity contribution in [3.8, 4) is 11.8 Å². The smallest absolute Gasteiger partial charge is 0.303 e. The molecule has 2 fully saturated rings. The molecule has 12 heteroatoms. The Morgan fingerprint density at radius 2 is 1.51 bits per heavy atom. The SMILES string of the molecule is CC(=O)OC[C@H]1O[C@@](O)(c2ccc(Cl)c(Cc3ccc(C#CC4(O)CCC4)cc3)c2)[C@H](OC(C)=O)[C@@H](OC(C)=O)[C@@H]1OC(C)=O. The van der Waals surface area contributed by atoms with E-state index in [0.29, 0.717) is 29.8 Å². The van der Waals surface area contributed by atoms with Crippen molar-refractivity contribution in [3.63, 3.8) is 0 Å². The van der Waals surface area contributed by atoms with Crippen LogP contribution >= 0.6 is 11.6 Å². The highest BCUT2D eigenvalue weighted by atomic mass is 35.5. The van der Waals surface area contributed by atoms with E-state index in [4.69, 9.17) is 35.3 Å². The Morgan fingerprint density at radius 1 is 0.889 bits per heavy atom. The molecule has 5 atom stereocenters. The highest BCUT2D eigenvalue weighted by Crippen LogP contribution is 2.42. The second kappa shape index (κ2) is 14.0. The molecular weight excluding hydrogens is 608 g/mol. The normalized spacial score (nSPS) is 25.0. The lowest BCUT2D eigenvalue weighted by molar-refractivity contribution is -0.360. The molecule has 1 heterocycles. The maximum absolute atomic E-state index is 12.2. The third kappa shape index (κ3) is 8.41. The fourth-order valence-corrected chi connectivity index (χ4v) is 5.38. The molecule has 2 N–H and O–H groups in total. The first kappa shape index (κ1) is 33.9. The fraction of sp³-hybridized carbons (Fsp3) is 0.455. The first-order valence-corrected chi connectivity index (χ1v) is 14.8. The Morgan fingerprint density at radius 3 is 2.07 bits per heavy atom. The number of halogens is 1. The van der Waals surface area contributed by atoms with Crippen LogP contribution in [0.2, 0.25) is 5.02 Å². The first-order chi connectivity index (χ1) is 21.2. The highest BCUT2D eigenvalue weighted by molar-refractivity contribution is 6.31. The summed E-state index contributed by atoms with van der Waals surface area (Å²) in [7, 11) is 0. The maximum Gasteiger partial charge on any atom is 0.303 e. The zero-order valence-electron chi connectivity index (χ0n) is 25.3. The molecule has 0 bridgehead atoms. The minimum Gasteiger partial charge on any atom is -0.463 e. The average molecular weight is 643 g/mol. The summed E-state index contributed by atoms with van der Waals surface area (Å²) in [6.07, 6.45) is -3.43. The molecule has 1 saturated heterocycles. The molecule has 11 nitrogen and oxygen atoms in total. The molecule has 2 aliphatic rings. The molecule has 0 amide bonds. The van der Waals surface area contributed by atoms with Crippen LogP contribution < -0.4 is 0 Å². The number of aliphatic hydroxyl groups is 2. The van der Waals surface area contributed by atoms with E-state index in [2.05, 4.69) is 11.8 Å². The highest BCUT2D eigenvalue weighted by Gasteiger charge is 2.60. The number of esters is 4. The molecule has 1 saturated carbocycles. The van der Waals surface area contributed by atoms with Crippen molar-refractivity contribution in [2.24, 2.45) is 0 Å². The van der Waals surface area contributed by atoms with Crippen LogP contribution in [0, 0.1) is 11.8 Å². The van der Waals surface area contributed by atoms with Crippen LogP contribution in [0.15, 0.2) is 42.5 Å². The second-order valence-corrected chi connectivity index (χ2v) is 11.6. The van der Waals surface area contributed by atoms with Gasteiger partial charge in [-0.15, -0.1) is 0 Å². The molecule has 2 aromatic carbocycles. The van der Waals surface area contributed by atoms with Gasteiger partial charge in [0.2, 0.25) is 11.9 Å². The predicted molar refractivity (Wildman–Crippen MR) is 158 cm³/mol. The molecule has 0 radical (unpaired) electrons. The van der Waals surface area contributed by atoms with E-state index in [0.717, 1.165) is 45.2 Å². The van der Waals surface area contributed by atoms with Crippen molar-refractivity contribution in [3.05, 3.63) is 69.7 Å². The van der Waals surface area contributed by atoms with Gasteiger partial charge in [0.15, 0.2) is 12.2 Å². The van der Waals surface area contributed by atoms with Crippen molar-refractivity contribution in [2.75, 3.05) is 6.61 Å². The van der Waals surface area contributed by atoms with Crippen LogP contribution in [0.3, 0.4) is 0 Å². The molecule has 240 valence electrons. The molecule has 0 aromatic heterocycles. The van der Waals surface area contributed by atoms with E-state index in [1.807, 2.05) is 24.3 Å². The summed E-state index contributed by atoms with van der Waals surface area (Å²) >= 11 is 6.55. The Hall–Kier alpha value is -3.95. The minimum atomic E-state index is -2.48. The summed E-state index contributed by atoms with van der Waals surface area (Å²) in [5.74, 6) is 0.314.